The fourth-order valence-corrected chi connectivity index (χ4v) is 0.490. The highest BCUT2D eigenvalue weighted by molar-refractivity contribution is 5.96. The van der Waals surface area contributed by atoms with Gasteiger partial charge in [-0.2, -0.15) is 0 Å². The van der Waals surface area contributed by atoms with Crippen molar-refractivity contribution >= 4 is 17.9 Å². The molecule has 0 aromatic heterocycles. The minimum Gasteiger partial charge on any atom is -0.549 e. The lowest BCUT2D eigenvalue weighted by Crippen LogP contribution is -2.54. The van der Waals surface area contributed by atoms with Gasteiger partial charge in [-0.3, -0.25) is 0 Å². The summed E-state index contributed by atoms with van der Waals surface area (Å²) in [7, 11) is 0. The third-order valence-corrected chi connectivity index (χ3v) is 1.07. The maximum absolute atomic E-state index is 9.90. The Morgan fingerprint density at radius 2 is 1.25 bits per heavy atom. The molecule has 68 valence electrons. The fraction of sp³-hybridized carbons (Fsp3) is 0.400. The average Bonchev–Trinajstić information content (AvgIpc) is 1.85. The molecule has 1 unspecified atom stereocenters. The Balaban J connectivity index is 4.63. The van der Waals surface area contributed by atoms with Gasteiger partial charge in [0.15, 0.2) is 0 Å². The lowest BCUT2D eigenvalue weighted by molar-refractivity contribution is -0.345. The first kappa shape index (κ1) is 10.4. The van der Waals surface area contributed by atoms with Crippen LogP contribution in [0.15, 0.2) is 0 Å². The molecule has 7 nitrogen and oxygen atoms in total. The van der Waals surface area contributed by atoms with Crippen LogP contribution in [-0.2, 0) is 14.4 Å². The summed E-state index contributed by atoms with van der Waals surface area (Å²) in [5.74, 6) is -9.32. The van der Waals surface area contributed by atoms with Crippen LogP contribution in [0.5, 0.6) is 0 Å². The van der Waals surface area contributed by atoms with Crippen molar-refractivity contribution in [3.8, 4) is 0 Å². The van der Waals surface area contributed by atoms with Gasteiger partial charge < -0.3 is 34.8 Å². The second-order valence-electron chi connectivity index (χ2n) is 1.88. The van der Waals surface area contributed by atoms with Gasteiger partial charge in [-0.15, -0.1) is 0 Å². The average molecular weight is 175 g/mol. The van der Waals surface area contributed by atoms with Crippen molar-refractivity contribution in [3.63, 3.8) is 0 Å². The van der Waals surface area contributed by atoms with Gasteiger partial charge in [0.1, 0.15) is 6.10 Å². The van der Waals surface area contributed by atoms with Crippen LogP contribution in [0.4, 0.5) is 0 Å². The highest BCUT2D eigenvalue weighted by Crippen LogP contribution is 2.00. The number of aliphatic hydroxyl groups excluding tert-OH is 1. The van der Waals surface area contributed by atoms with Crippen LogP contribution in [0.1, 0.15) is 0 Å². The molecule has 0 rings (SSSR count). The molecule has 0 fully saturated rings. The predicted molar refractivity (Wildman–Crippen MR) is 24.5 cm³/mol. The highest BCUT2D eigenvalue weighted by Gasteiger charge is 2.22. The third kappa shape index (κ3) is 2.20. The van der Waals surface area contributed by atoms with Gasteiger partial charge in [0.2, 0.25) is 0 Å². The molecule has 0 aliphatic heterocycles. The first-order valence-corrected chi connectivity index (χ1v) is 2.68. The van der Waals surface area contributed by atoms with Gasteiger partial charge in [0, 0.05) is 0 Å². The third-order valence-electron chi connectivity index (χ3n) is 1.07. The Bertz CT molecular complexity index is 206. The van der Waals surface area contributed by atoms with Gasteiger partial charge in [-0.25, -0.2) is 0 Å². The molecule has 0 aromatic carbocycles. The monoisotopic (exact) mass is 175 g/mol. The molecule has 0 aromatic rings. The van der Waals surface area contributed by atoms with Crippen molar-refractivity contribution in [1.82, 2.24) is 0 Å². The number of carbonyl (C=O) groups is 3. The number of carbonyl (C=O) groups excluding carboxylic acids is 3. The maximum atomic E-state index is 9.90. The van der Waals surface area contributed by atoms with E-state index >= 15 is 0 Å². The van der Waals surface area contributed by atoms with E-state index in [2.05, 4.69) is 0 Å². The summed E-state index contributed by atoms with van der Waals surface area (Å²) in [4.78, 5) is 29.6. The summed E-state index contributed by atoms with van der Waals surface area (Å²) in [6.45, 7) is 0. The van der Waals surface area contributed by atoms with Gasteiger partial charge in [-0.1, -0.05) is 0 Å². The van der Waals surface area contributed by atoms with Crippen molar-refractivity contribution in [3.05, 3.63) is 0 Å². The molecule has 0 spiro atoms. The Morgan fingerprint density at radius 3 is 1.33 bits per heavy atom. The standard InChI is InChI=1S/C5H6O7/c6-2(5(11)12)1(3(7)8)4(9)10/h1-2,6H,(H,7,8)(H,9,10)(H,11,12)/p-3. The second kappa shape index (κ2) is 3.67. The molecule has 1 N–H and O–H groups in total. The summed E-state index contributed by atoms with van der Waals surface area (Å²) in [5.41, 5.74) is 0. The van der Waals surface area contributed by atoms with Crippen molar-refractivity contribution in [2.75, 3.05) is 0 Å². The molecule has 7 heteroatoms. The van der Waals surface area contributed by atoms with Crippen molar-refractivity contribution in [1.29, 1.82) is 0 Å². The van der Waals surface area contributed by atoms with Gasteiger partial charge >= 0.3 is 0 Å². The molecular weight excluding hydrogens is 172 g/mol. The van der Waals surface area contributed by atoms with E-state index in [1.54, 1.807) is 0 Å². The van der Waals surface area contributed by atoms with Gasteiger partial charge in [-0.05, 0) is 0 Å². The zero-order chi connectivity index (χ0) is 9.89. The fourth-order valence-electron chi connectivity index (χ4n) is 0.490. The minimum absolute atomic E-state index is 2.21. The lowest BCUT2D eigenvalue weighted by Gasteiger charge is -2.24. The molecule has 0 saturated carbocycles. The second-order valence-corrected chi connectivity index (χ2v) is 1.88. The van der Waals surface area contributed by atoms with Crippen LogP contribution in [-0.4, -0.2) is 29.1 Å². The summed E-state index contributed by atoms with van der Waals surface area (Å²) in [5, 5.41) is 38.0. The van der Waals surface area contributed by atoms with E-state index in [4.69, 9.17) is 5.11 Å². The van der Waals surface area contributed by atoms with Crippen LogP contribution in [0.25, 0.3) is 0 Å². The van der Waals surface area contributed by atoms with E-state index in [1.807, 2.05) is 0 Å². The van der Waals surface area contributed by atoms with E-state index in [0.717, 1.165) is 0 Å². The van der Waals surface area contributed by atoms with E-state index in [-0.39, 0.29) is 0 Å². The molecule has 0 bridgehead atoms. The van der Waals surface area contributed by atoms with Crippen LogP contribution in [0.2, 0.25) is 0 Å². The number of aliphatic hydroxyl groups is 1. The Morgan fingerprint density at radius 1 is 0.917 bits per heavy atom. The van der Waals surface area contributed by atoms with Gasteiger partial charge in [0.05, 0.1) is 23.8 Å². The number of carboxylic acid groups (broad SMARTS) is 3. The smallest absolute Gasteiger partial charge is 0.107 e. The van der Waals surface area contributed by atoms with E-state index in [9.17, 15) is 29.7 Å². The summed E-state index contributed by atoms with van der Waals surface area (Å²) in [6.07, 6.45) is -2.67. The predicted octanol–water partition coefficient (Wildman–Crippen LogP) is -5.79. The Kier molecular flexibility index (Phi) is 3.17. The van der Waals surface area contributed by atoms with E-state index < -0.39 is 29.9 Å². The quantitative estimate of drug-likeness (QED) is 0.419. The number of rotatable bonds is 4. The molecule has 0 amide bonds. The maximum Gasteiger partial charge on any atom is 0.107 e. The zero-order valence-corrected chi connectivity index (χ0v) is 5.55. The van der Waals surface area contributed by atoms with Gasteiger partial charge in [0.25, 0.3) is 0 Å². The number of hydrogen-bond donors (Lipinski definition) is 1. The molecule has 0 heterocycles. The van der Waals surface area contributed by atoms with Crippen LogP contribution >= 0.6 is 0 Å². The normalized spacial score (nSPS) is 12.5. The summed E-state index contributed by atoms with van der Waals surface area (Å²) < 4.78 is 0. The lowest BCUT2D eigenvalue weighted by atomic mass is 10.0. The molecular formula is C5H3O7-3. The molecule has 1 atom stereocenters. The zero-order valence-electron chi connectivity index (χ0n) is 5.55. The molecule has 0 saturated heterocycles. The molecule has 0 aliphatic carbocycles. The molecule has 0 aliphatic rings. The first-order valence-electron chi connectivity index (χ1n) is 2.68. The van der Waals surface area contributed by atoms with Crippen LogP contribution < -0.4 is 15.3 Å². The van der Waals surface area contributed by atoms with Crippen molar-refractivity contribution in [2.45, 2.75) is 6.10 Å². The van der Waals surface area contributed by atoms with E-state index in [0.29, 0.717) is 0 Å². The van der Waals surface area contributed by atoms with Crippen molar-refractivity contribution < 1.29 is 34.8 Å². The number of carboxylic acids is 3. The number of aliphatic carboxylic acids is 3. The largest absolute Gasteiger partial charge is 0.549 e. The topological polar surface area (TPSA) is 141 Å². The summed E-state index contributed by atoms with van der Waals surface area (Å²) in [6, 6.07) is 0. The summed E-state index contributed by atoms with van der Waals surface area (Å²) >= 11 is 0. The van der Waals surface area contributed by atoms with Crippen molar-refractivity contribution in [2.24, 2.45) is 5.92 Å². The first-order chi connectivity index (χ1) is 5.37. The SMILES string of the molecule is O=C([O-])C(O)C(C(=O)[O-])C(=O)[O-]. The molecule has 12 heavy (non-hydrogen) atoms. The highest BCUT2D eigenvalue weighted by atomic mass is 16.4. The van der Waals surface area contributed by atoms with E-state index in [1.165, 1.54) is 0 Å². The minimum atomic E-state index is -2.67. The Labute approximate surface area is 65.9 Å². The molecule has 0 radical (unpaired) electrons. The number of hydrogen-bond acceptors (Lipinski definition) is 7. The van der Waals surface area contributed by atoms with Crippen LogP contribution in [0.3, 0.4) is 0 Å². The Hall–Kier alpha value is -1.63. The van der Waals surface area contributed by atoms with Crippen LogP contribution in [0, 0.1) is 5.92 Å².